The standard InChI is InChI=1S/C24H29NOS/c26-20-10-9-19-16-23-21-8-4-5-12-24(21,22(19)17-20)13-14-25(23)27-15-11-18-6-2-1-3-7-18/h1-3,6-7,9-10,17,21,23,26H,4-5,8,11-16H2/t21-,23+,24+/m0/s1. The number of phenolic OH excluding ortho intramolecular Hbond substituents is 1. The van der Waals surface area contributed by atoms with Crippen LogP contribution in [0.5, 0.6) is 5.75 Å². The Hall–Kier alpha value is -1.45. The average Bonchev–Trinajstić information content (AvgIpc) is 2.71. The van der Waals surface area contributed by atoms with Gasteiger partial charge in [-0.1, -0.05) is 61.2 Å². The van der Waals surface area contributed by atoms with Crippen LogP contribution in [0.1, 0.15) is 48.8 Å². The molecule has 1 saturated heterocycles. The van der Waals surface area contributed by atoms with Gasteiger partial charge in [-0.2, -0.15) is 0 Å². The number of phenols is 1. The summed E-state index contributed by atoms with van der Waals surface area (Å²) in [7, 11) is 0. The summed E-state index contributed by atoms with van der Waals surface area (Å²) in [6.07, 6.45) is 8.94. The Morgan fingerprint density at radius 3 is 2.85 bits per heavy atom. The van der Waals surface area contributed by atoms with Gasteiger partial charge < -0.3 is 5.11 Å². The van der Waals surface area contributed by atoms with E-state index < -0.39 is 0 Å². The molecule has 2 fully saturated rings. The molecule has 2 aromatic rings. The molecule has 1 heterocycles. The third kappa shape index (κ3) is 3.09. The van der Waals surface area contributed by atoms with Gasteiger partial charge in [0.25, 0.3) is 0 Å². The molecular formula is C24H29NOS. The average molecular weight is 380 g/mol. The second-order valence-electron chi connectivity index (χ2n) is 8.58. The Labute approximate surface area is 167 Å². The molecule has 0 amide bonds. The number of nitrogens with zero attached hydrogens (tertiary/aromatic N) is 1. The van der Waals surface area contributed by atoms with Crippen molar-refractivity contribution in [3.05, 3.63) is 65.2 Å². The molecule has 1 aliphatic heterocycles. The van der Waals surface area contributed by atoms with Crippen molar-refractivity contribution in [1.29, 1.82) is 0 Å². The van der Waals surface area contributed by atoms with Crippen molar-refractivity contribution < 1.29 is 5.11 Å². The molecule has 0 spiro atoms. The van der Waals surface area contributed by atoms with Crippen LogP contribution in [-0.4, -0.2) is 27.8 Å². The molecule has 3 aliphatic rings. The predicted octanol–water partition coefficient (Wildman–Crippen LogP) is 5.34. The zero-order chi connectivity index (χ0) is 18.3. The van der Waals surface area contributed by atoms with Crippen molar-refractivity contribution in [3.8, 4) is 5.75 Å². The maximum absolute atomic E-state index is 10.1. The number of fused-ring (bicyclic) bond motifs is 1. The fourth-order valence-corrected chi connectivity index (χ4v) is 7.24. The molecule has 2 bridgehead atoms. The number of rotatable bonds is 4. The normalized spacial score (nSPS) is 29.8. The minimum absolute atomic E-state index is 0.325. The molecule has 2 aliphatic carbocycles. The van der Waals surface area contributed by atoms with Crippen LogP contribution in [0, 0.1) is 5.92 Å². The van der Waals surface area contributed by atoms with Gasteiger partial charge in [-0.25, -0.2) is 4.31 Å². The first-order valence-corrected chi connectivity index (χ1v) is 11.5. The second-order valence-corrected chi connectivity index (χ2v) is 9.72. The summed E-state index contributed by atoms with van der Waals surface area (Å²) in [5.74, 6) is 2.38. The van der Waals surface area contributed by atoms with Crippen molar-refractivity contribution >= 4 is 11.9 Å². The summed E-state index contributed by atoms with van der Waals surface area (Å²) in [5.41, 5.74) is 4.74. The van der Waals surface area contributed by atoms with Crippen LogP contribution >= 0.6 is 11.9 Å². The maximum Gasteiger partial charge on any atom is 0.115 e. The van der Waals surface area contributed by atoms with E-state index >= 15 is 0 Å². The summed E-state index contributed by atoms with van der Waals surface area (Å²) in [4.78, 5) is 0. The highest BCUT2D eigenvalue weighted by molar-refractivity contribution is 7.97. The monoisotopic (exact) mass is 379 g/mol. The first-order valence-electron chi connectivity index (χ1n) is 10.5. The molecule has 27 heavy (non-hydrogen) atoms. The molecule has 2 nitrogen and oxygen atoms in total. The van der Waals surface area contributed by atoms with Gasteiger partial charge in [0.05, 0.1) is 0 Å². The highest BCUT2D eigenvalue weighted by atomic mass is 32.2. The van der Waals surface area contributed by atoms with E-state index in [0.29, 0.717) is 17.2 Å². The SMILES string of the molecule is Oc1ccc2c(c1)[C@@]13CCCC[C@H]1[C@@H](C2)N(SCCc1ccccc1)CC3. The van der Waals surface area contributed by atoms with Gasteiger partial charge in [-0.3, -0.25) is 0 Å². The van der Waals surface area contributed by atoms with Crippen molar-refractivity contribution in [2.75, 3.05) is 12.3 Å². The zero-order valence-electron chi connectivity index (χ0n) is 15.9. The summed E-state index contributed by atoms with van der Waals surface area (Å²) in [5, 5.41) is 10.1. The lowest BCUT2D eigenvalue weighted by molar-refractivity contribution is 0.0365. The molecule has 2 aromatic carbocycles. The van der Waals surface area contributed by atoms with Crippen LogP contribution in [0.25, 0.3) is 0 Å². The third-order valence-electron chi connectivity index (χ3n) is 7.26. The first-order chi connectivity index (χ1) is 13.3. The van der Waals surface area contributed by atoms with Gasteiger partial charge in [0.2, 0.25) is 0 Å². The molecule has 5 rings (SSSR count). The largest absolute Gasteiger partial charge is 0.508 e. The Kier molecular flexibility index (Phi) is 4.69. The number of piperidine rings is 1. The summed E-state index contributed by atoms with van der Waals surface area (Å²) >= 11 is 2.07. The van der Waals surface area contributed by atoms with Gasteiger partial charge in [-0.15, -0.1) is 0 Å². The van der Waals surface area contributed by atoms with Crippen LogP contribution in [0.4, 0.5) is 0 Å². The number of hydrogen-bond acceptors (Lipinski definition) is 3. The van der Waals surface area contributed by atoms with Gasteiger partial charge >= 0.3 is 0 Å². The van der Waals surface area contributed by atoms with Gasteiger partial charge in [0, 0.05) is 23.8 Å². The zero-order valence-corrected chi connectivity index (χ0v) is 16.8. The Morgan fingerprint density at radius 1 is 1.07 bits per heavy atom. The number of benzene rings is 2. The van der Waals surface area contributed by atoms with Crippen molar-refractivity contribution in [1.82, 2.24) is 4.31 Å². The molecule has 0 radical (unpaired) electrons. The molecule has 1 saturated carbocycles. The van der Waals surface area contributed by atoms with Gasteiger partial charge in [0.15, 0.2) is 0 Å². The predicted molar refractivity (Wildman–Crippen MR) is 113 cm³/mol. The molecule has 3 heteroatoms. The number of aryl methyl sites for hydroxylation is 1. The molecule has 3 atom stereocenters. The van der Waals surface area contributed by atoms with E-state index in [1.165, 1.54) is 61.1 Å². The number of hydrogen-bond donors (Lipinski definition) is 1. The summed E-state index contributed by atoms with van der Waals surface area (Å²) < 4.78 is 2.73. The Morgan fingerprint density at radius 2 is 1.96 bits per heavy atom. The molecular weight excluding hydrogens is 350 g/mol. The lowest BCUT2D eigenvalue weighted by atomic mass is 9.53. The van der Waals surface area contributed by atoms with Gasteiger partial charge in [0.1, 0.15) is 5.75 Å². The third-order valence-corrected chi connectivity index (χ3v) is 8.43. The number of aromatic hydroxyl groups is 1. The first kappa shape index (κ1) is 17.6. The van der Waals surface area contributed by atoms with Crippen LogP contribution in [0.15, 0.2) is 48.5 Å². The van der Waals surface area contributed by atoms with Crippen LogP contribution in [0.3, 0.4) is 0 Å². The highest BCUT2D eigenvalue weighted by Gasteiger charge is 2.53. The smallest absolute Gasteiger partial charge is 0.115 e. The van der Waals surface area contributed by atoms with E-state index in [-0.39, 0.29) is 0 Å². The van der Waals surface area contributed by atoms with Gasteiger partial charge in [-0.05, 0) is 66.8 Å². The second kappa shape index (κ2) is 7.18. The van der Waals surface area contributed by atoms with E-state index in [9.17, 15) is 5.11 Å². The molecule has 142 valence electrons. The molecule has 1 N–H and O–H groups in total. The maximum atomic E-state index is 10.1. The highest BCUT2D eigenvalue weighted by Crippen LogP contribution is 2.57. The summed E-state index contributed by atoms with van der Waals surface area (Å²) in [6.45, 7) is 1.19. The van der Waals surface area contributed by atoms with E-state index in [4.69, 9.17) is 0 Å². The van der Waals surface area contributed by atoms with Crippen LogP contribution in [0.2, 0.25) is 0 Å². The fraction of sp³-hybridized carbons (Fsp3) is 0.500. The topological polar surface area (TPSA) is 23.5 Å². The minimum Gasteiger partial charge on any atom is -0.508 e. The van der Waals surface area contributed by atoms with Crippen molar-refractivity contribution in [2.45, 2.75) is 56.4 Å². The van der Waals surface area contributed by atoms with Crippen LogP contribution < -0.4 is 0 Å². The minimum atomic E-state index is 0.325. The molecule has 0 aromatic heterocycles. The summed E-state index contributed by atoms with van der Waals surface area (Å²) in [6, 6.07) is 17.7. The van der Waals surface area contributed by atoms with Crippen molar-refractivity contribution in [2.24, 2.45) is 5.92 Å². The lowest BCUT2D eigenvalue weighted by Gasteiger charge is -2.58. The quantitative estimate of drug-likeness (QED) is 0.725. The van der Waals surface area contributed by atoms with E-state index in [0.717, 1.165) is 18.8 Å². The van der Waals surface area contributed by atoms with E-state index in [1.54, 1.807) is 0 Å². The fourth-order valence-electron chi connectivity index (χ4n) is 6.04. The van der Waals surface area contributed by atoms with Crippen molar-refractivity contribution in [3.63, 3.8) is 0 Å². The Bertz CT molecular complexity index is 807. The van der Waals surface area contributed by atoms with E-state index in [1.807, 2.05) is 6.07 Å². The van der Waals surface area contributed by atoms with E-state index in [2.05, 4.69) is 58.7 Å². The van der Waals surface area contributed by atoms with Crippen LogP contribution in [-0.2, 0) is 18.3 Å². The molecule has 0 unspecified atom stereocenters. The Balaban J connectivity index is 1.37. The lowest BCUT2D eigenvalue weighted by Crippen LogP contribution is -2.59.